The average molecular weight is 234 g/mol. The van der Waals surface area contributed by atoms with Gasteiger partial charge in [0.2, 0.25) is 0 Å². The van der Waals surface area contributed by atoms with Gasteiger partial charge in [0.1, 0.15) is 17.1 Å². The molecule has 1 N–H and O–H groups in total. The highest BCUT2D eigenvalue weighted by molar-refractivity contribution is 5.93. The molecule has 0 spiro atoms. The predicted molar refractivity (Wildman–Crippen MR) is 45.4 cm³/mol. The summed E-state index contributed by atoms with van der Waals surface area (Å²) >= 11 is 0. The van der Waals surface area contributed by atoms with Gasteiger partial charge in [0, 0.05) is 6.07 Å². The van der Waals surface area contributed by atoms with E-state index < -0.39 is 35.3 Å². The molecular weight excluding hydrogens is 229 g/mol. The van der Waals surface area contributed by atoms with Crippen LogP contribution in [-0.2, 0) is 0 Å². The Balaban J connectivity index is 3.30. The summed E-state index contributed by atoms with van der Waals surface area (Å²) in [7, 11) is 0. The minimum atomic E-state index is -3.28. The Bertz CT molecular complexity index is 431. The van der Waals surface area contributed by atoms with Gasteiger partial charge in [-0.05, 0) is 6.07 Å². The molecule has 0 unspecified atom stereocenters. The fraction of sp³-hybridized carbons (Fsp3) is 0.111. The largest absolute Gasteiger partial charge is 0.478 e. The Kier molecular flexibility index (Phi) is 3.49. The van der Waals surface area contributed by atoms with E-state index in [1.807, 2.05) is 0 Å². The first-order valence-corrected chi connectivity index (χ1v) is 3.92. The van der Waals surface area contributed by atoms with E-state index in [1.54, 1.807) is 0 Å². The van der Waals surface area contributed by atoms with Crippen LogP contribution in [0.25, 0.3) is 0 Å². The van der Waals surface area contributed by atoms with Gasteiger partial charge in [-0.2, -0.15) is 8.78 Å². The normalized spacial score (nSPS) is 10.2. The van der Waals surface area contributed by atoms with E-state index in [4.69, 9.17) is 5.11 Å². The molecule has 0 heterocycles. The van der Waals surface area contributed by atoms with Crippen LogP contribution in [0.15, 0.2) is 12.1 Å². The van der Waals surface area contributed by atoms with Gasteiger partial charge >= 0.3 is 12.6 Å². The summed E-state index contributed by atoms with van der Waals surface area (Å²) < 4.78 is 40.6. The highest BCUT2D eigenvalue weighted by Crippen LogP contribution is 2.24. The number of hydrogen-bond acceptors (Lipinski definition) is 3. The molecule has 0 aliphatic rings. The van der Waals surface area contributed by atoms with Gasteiger partial charge in [-0.15, -0.1) is 0 Å². The van der Waals surface area contributed by atoms with E-state index >= 15 is 0 Å². The Morgan fingerprint density at radius 2 is 2.06 bits per heavy atom. The average Bonchev–Trinajstić information content (AvgIpc) is 2.16. The quantitative estimate of drug-likeness (QED) is 0.808. The zero-order chi connectivity index (χ0) is 12.3. The summed E-state index contributed by atoms with van der Waals surface area (Å²) in [6.07, 6.45) is 0.0773. The molecule has 0 saturated heterocycles. The van der Waals surface area contributed by atoms with E-state index in [0.29, 0.717) is 12.1 Å². The summed E-state index contributed by atoms with van der Waals surface area (Å²) in [5.41, 5.74) is -1.25. The van der Waals surface area contributed by atoms with Crippen molar-refractivity contribution in [3.05, 3.63) is 29.1 Å². The molecule has 0 atom stereocenters. The van der Waals surface area contributed by atoms with Crippen molar-refractivity contribution in [1.29, 1.82) is 0 Å². The fourth-order valence-corrected chi connectivity index (χ4v) is 1.02. The number of halogens is 3. The first-order chi connectivity index (χ1) is 7.45. The number of ether oxygens (including phenoxy) is 1. The third kappa shape index (κ3) is 2.50. The molecule has 0 radical (unpaired) electrons. The van der Waals surface area contributed by atoms with Crippen molar-refractivity contribution in [3.63, 3.8) is 0 Å². The van der Waals surface area contributed by atoms with Crippen molar-refractivity contribution < 1.29 is 32.6 Å². The molecule has 0 aliphatic carbocycles. The zero-order valence-electron chi connectivity index (χ0n) is 7.62. The SMILES string of the molecule is O=Cc1cc(C(=O)O)c(OC(F)F)cc1F. The molecule has 1 rings (SSSR count). The molecule has 0 amide bonds. The number of carbonyl (C=O) groups is 2. The maximum absolute atomic E-state index is 13.0. The van der Waals surface area contributed by atoms with Crippen molar-refractivity contribution in [2.75, 3.05) is 0 Å². The first-order valence-electron chi connectivity index (χ1n) is 3.92. The van der Waals surface area contributed by atoms with Gasteiger partial charge in [0.15, 0.2) is 6.29 Å². The lowest BCUT2D eigenvalue weighted by atomic mass is 10.1. The van der Waals surface area contributed by atoms with E-state index in [9.17, 15) is 22.8 Å². The number of carboxylic acid groups (broad SMARTS) is 1. The van der Waals surface area contributed by atoms with Crippen LogP contribution in [0, 0.1) is 5.82 Å². The third-order valence-corrected chi connectivity index (χ3v) is 1.67. The van der Waals surface area contributed by atoms with Gasteiger partial charge in [0.05, 0.1) is 5.56 Å². The number of aldehydes is 1. The molecule has 0 bridgehead atoms. The Morgan fingerprint density at radius 1 is 1.44 bits per heavy atom. The number of carbonyl (C=O) groups excluding carboxylic acids is 1. The van der Waals surface area contributed by atoms with E-state index in [0.717, 1.165) is 0 Å². The van der Waals surface area contributed by atoms with Gasteiger partial charge in [-0.3, -0.25) is 4.79 Å². The third-order valence-electron chi connectivity index (χ3n) is 1.67. The smallest absolute Gasteiger partial charge is 0.387 e. The molecule has 0 fully saturated rings. The number of rotatable bonds is 4. The van der Waals surface area contributed by atoms with Gasteiger partial charge in [-0.25, -0.2) is 9.18 Å². The van der Waals surface area contributed by atoms with Gasteiger partial charge < -0.3 is 9.84 Å². The van der Waals surface area contributed by atoms with Crippen LogP contribution >= 0.6 is 0 Å². The molecule has 0 aliphatic heterocycles. The Hall–Kier alpha value is -2.05. The monoisotopic (exact) mass is 234 g/mol. The summed E-state index contributed by atoms with van der Waals surface area (Å²) in [5, 5.41) is 8.63. The maximum atomic E-state index is 13.0. The number of aromatic carboxylic acids is 1. The minimum Gasteiger partial charge on any atom is -0.478 e. The van der Waals surface area contributed by atoms with Crippen molar-refractivity contribution in [3.8, 4) is 5.75 Å². The summed E-state index contributed by atoms with van der Waals surface area (Å²) in [4.78, 5) is 20.9. The van der Waals surface area contributed by atoms with Crippen LogP contribution in [0.2, 0.25) is 0 Å². The van der Waals surface area contributed by atoms with Crippen LogP contribution in [0.3, 0.4) is 0 Å². The second-order valence-electron chi connectivity index (χ2n) is 2.67. The summed E-state index contributed by atoms with van der Waals surface area (Å²) in [5.74, 6) is -3.56. The topological polar surface area (TPSA) is 63.6 Å². The lowest BCUT2D eigenvalue weighted by molar-refractivity contribution is -0.0504. The van der Waals surface area contributed by atoms with Crippen LogP contribution in [0.5, 0.6) is 5.75 Å². The highest BCUT2D eigenvalue weighted by Gasteiger charge is 2.18. The molecule has 86 valence electrons. The molecule has 4 nitrogen and oxygen atoms in total. The zero-order valence-corrected chi connectivity index (χ0v) is 7.62. The van der Waals surface area contributed by atoms with Crippen LogP contribution < -0.4 is 4.74 Å². The van der Waals surface area contributed by atoms with Crippen molar-refractivity contribution >= 4 is 12.3 Å². The maximum Gasteiger partial charge on any atom is 0.387 e. The van der Waals surface area contributed by atoms with Crippen molar-refractivity contribution in [1.82, 2.24) is 0 Å². The number of carboxylic acids is 1. The molecule has 0 saturated carbocycles. The van der Waals surface area contributed by atoms with Crippen LogP contribution in [0.1, 0.15) is 20.7 Å². The molecule has 16 heavy (non-hydrogen) atoms. The minimum absolute atomic E-state index is 0.0773. The summed E-state index contributed by atoms with van der Waals surface area (Å²) in [6.45, 7) is -3.28. The standard InChI is InChI=1S/C9H5F3O4/c10-6-2-7(16-9(11)12)5(8(14)15)1-4(6)3-13/h1-3,9H,(H,14,15). The molecule has 0 aromatic heterocycles. The fourth-order valence-electron chi connectivity index (χ4n) is 1.02. The van der Waals surface area contributed by atoms with Crippen LogP contribution in [0.4, 0.5) is 13.2 Å². The molecule has 1 aromatic carbocycles. The van der Waals surface area contributed by atoms with E-state index in [-0.39, 0.29) is 6.29 Å². The molecular formula is C9H5F3O4. The molecule has 7 heteroatoms. The highest BCUT2D eigenvalue weighted by atomic mass is 19.3. The molecule has 1 aromatic rings. The Morgan fingerprint density at radius 3 is 2.50 bits per heavy atom. The van der Waals surface area contributed by atoms with E-state index in [1.165, 1.54) is 0 Å². The number of benzene rings is 1. The number of alkyl halides is 2. The van der Waals surface area contributed by atoms with Crippen LogP contribution in [-0.4, -0.2) is 24.0 Å². The van der Waals surface area contributed by atoms with E-state index in [2.05, 4.69) is 4.74 Å². The summed E-state index contributed by atoms with van der Waals surface area (Å²) in [6, 6.07) is 1.06. The lowest BCUT2D eigenvalue weighted by Gasteiger charge is -2.08. The van der Waals surface area contributed by atoms with Crippen molar-refractivity contribution in [2.24, 2.45) is 0 Å². The Labute approximate surface area is 87.3 Å². The second-order valence-corrected chi connectivity index (χ2v) is 2.67. The number of hydrogen-bond donors (Lipinski definition) is 1. The van der Waals surface area contributed by atoms with Gasteiger partial charge in [-0.1, -0.05) is 0 Å². The first kappa shape index (κ1) is 12.0. The lowest BCUT2D eigenvalue weighted by Crippen LogP contribution is -2.09. The van der Waals surface area contributed by atoms with Crippen molar-refractivity contribution in [2.45, 2.75) is 6.61 Å². The predicted octanol–water partition coefficient (Wildman–Crippen LogP) is 1.94. The van der Waals surface area contributed by atoms with Gasteiger partial charge in [0.25, 0.3) is 0 Å². The second kappa shape index (κ2) is 4.65.